The highest BCUT2D eigenvalue weighted by molar-refractivity contribution is 14.1. The molecule has 0 aliphatic heterocycles. The fourth-order valence-electron chi connectivity index (χ4n) is 4.88. The highest BCUT2D eigenvalue weighted by Crippen LogP contribution is 2.26. The number of ether oxygens (including phenoxy) is 4. The Balaban J connectivity index is 1.26. The van der Waals surface area contributed by atoms with Crippen molar-refractivity contribution >= 4 is 38.5 Å². The molecule has 0 amide bonds. The Morgan fingerprint density at radius 3 is 1.43 bits per heavy atom. The average molecular weight is 780 g/mol. The van der Waals surface area contributed by atoms with Crippen LogP contribution >= 0.6 is 38.5 Å². The summed E-state index contributed by atoms with van der Waals surface area (Å²) in [6.07, 6.45) is 12.7. The number of hydrogen-bond acceptors (Lipinski definition) is 4. The van der Waals surface area contributed by atoms with Crippen LogP contribution in [0, 0.1) is 3.57 Å². The second kappa shape index (κ2) is 21.0. The van der Waals surface area contributed by atoms with E-state index < -0.39 is 0 Å². The van der Waals surface area contributed by atoms with Crippen molar-refractivity contribution in [2.75, 3.05) is 31.8 Å². The lowest BCUT2D eigenvalue weighted by molar-refractivity contribution is 0.245. The lowest BCUT2D eigenvalue weighted by Crippen LogP contribution is -2.10. The fourth-order valence-corrected chi connectivity index (χ4v) is 5.52. The molecule has 3 aromatic carbocycles. The number of aryl methyl sites for hydroxylation is 1. The average Bonchev–Trinajstić information content (AvgIpc) is 3.01. The molecule has 242 valence electrons. The molecule has 0 aliphatic carbocycles. The minimum Gasteiger partial charge on any atom is -0.494 e. The van der Waals surface area contributed by atoms with Gasteiger partial charge in [-0.3, -0.25) is 0 Å². The lowest BCUT2D eigenvalue weighted by atomic mass is 9.87. The van der Waals surface area contributed by atoms with Gasteiger partial charge in [-0.2, -0.15) is 0 Å². The first-order valence-corrected chi connectivity index (χ1v) is 18.6. The largest absolute Gasteiger partial charge is 0.494 e. The Morgan fingerprint density at radius 2 is 0.955 bits per heavy atom. The predicted octanol–water partition coefficient (Wildman–Crippen LogP) is 11.3. The number of rotatable bonds is 22. The summed E-state index contributed by atoms with van der Waals surface area (Å²) in [5, 5.41) is 0.989. The normalized spacial score (nSPS) is 11.4. The van der Waals surface area contributed by atoms with E-state index in [4.69, 9.17) is 18.9 Å². The zero-order chi connectivity index (χ0) is 31.5. The molecule has 0 spiro atoms. The molecule has 3 aromatic rings. The van der Waals surface area contributed by atoms with Crippen molar-refractivity contribution in [2.24, 2.45) is 0 Å². The topological polar surface area (TPSA) is 36.9 Å². The van der Waals surface area contributed by atoms with Crippen LogP contribution in [0.4, 0.5) is 0 Å². The third-order valence-electron chi connectivity index (χ3n) is 7.48. The molecule has 0 bridgehead atoms. The maximum absolute atomic E-state index is 6.17. The summed E-state index contributed by atoms with van der Waals surface area (Å²) in [6.45, 7) is 9.47. The zero-order valence-corrected chi connectivity index (χ0v) is 30.8. The van der Waals surface area contributed by atoms with Gasteiger partial charge >= 0.3 is 0 Å². The minimum absolute atomic E-state index is 0.150. The van der Waals surface area contributed by atoms with E-state index in [1.54, 1.807) is 0 Å². The van der Waals surface area contributed by atoms with Crippen LogP contribution in [-0.4, -0.2) is 31.8 Å². The molecule has 0 aromatic heterocycles. The highest BCUT2D eigenvalue weighted by Gasteiger charge is 2.13. The molecule has 4 nitrogen and oxygen atoms in total. The molecule has 0 unspecified atom stereocenters. The minimum atomic E-state index is 0.150. The van der Waals surface area contributed by atoms with E-state index in [9.17, 15) is 0 Å². The SMILES string of the molecule is CC(C)(C)c1ccc(OCCCOc2cc(CCCBr)cc(OCCCCCCCCCCOc3ccc(I)cc3)c2)cc1. The second-order valence-electron chi connectivity index (χ2n) is 12.4. The van der Waals surface area contributed by atoms with Gasteiger partial charge in [0.1, 0.15) is 23.0 Å². The molecule has 0 atom stereocenters. The van der Waals surface area contributed by atoms with Gasteiger partial charge in [0.25, 0.3) is 0 Å². The molecular weight excluding hydrogens is 727 g/mol. The van der Waals surface area contributed by atoms with Gasteiger partial charge in [0.05, 0.1) is 26.4 Å². The van der Waals surface area contributed by atoms with E-state index in [-0.39, 0.29) is 5.41 Å². The summed E-state index contributed by atoms with van der Waals surface area (Å²) < 4.78 is 25.3. The van der Waals surface area contributed by atoms with Crippen LogP contribution < -0.4 is 18.9 Å². The van der Waals surface area contributed by atoms with Gasteiger partial charge < -0.3 is 18.9 Å². The van der Waals surface area contributed by atoms with Gasteiger partial charge in [-0.25, -0.2) is 0 Å². The Bertz CT molecular complexity index is 1170. The van der Waals surface area contributed by atoms with Crippen LogP contribution in [0.3, 0.4) is 0 Å². The van der Waals surface area contributed by atoms with Crippen LogP contribution in [0.1, 0.15) is 96.1 Å². The quantitative estimate of drug-likeness (QED) is 0.0578. The molecule has 0 aliphatic rings. The molecule has 6 heteroatoms. The van der Waals surface area contributed by atoms with Crippen LogP contribution in [0.25, 0.3) is 0 Å². The van der Waals surface area contributed by atoms with Crippen molar-refractivity contribution in [3.8, 4) is 23.0 Å². The van der Waals surface area contributed by atoms with Gasteiger partial charge in [-0.15, -0.1) is 0 Å². The van der Waals surface area contributed by atoms with Crippen molar-refractivity contribution in [2.45, 2.75) is 96.8 Å². The van der Waals surface area contributed by atoms with Crippen LogP contribution in [0.15, 0.2) is 66.7 Å². The summed E-state index contributed by atoms with van der Waals surface area (Å²) in [5.41, 5.74) is 2.72. The lowest BCUT2D eigenvalue weighted by Gasteiger charge is -2.19. The first-order chi connectivity index (χ1) is 21.3. The second-order valence-corrected chi connectivity index (χ2v) is 14.4. The van der Waals surface area contributed by atoms with Crippen LogP contribution in [-0.2, 0) is 11.8 Å². The first kappa shape index (κ1) is 36.5. The van der Waals surface area contributed by atoms with E-state index in [0.29, 0.717) is 13.2 Å². The number of alkyl halides is 1. The van der Waals surface area contributed by atoms with Gasteiger partial charge in [-0.05, 0) is 113 Å². The van der Waals surface area contributed by atoms with Crippen molar-refractivity contribution in [3.05, 3.63) is 81.4 Å². The Morgan fingerprint density at radius 1 is 0.523 bits per heavy atom. The van der Waals surface area contributed by atoms with E-state index in [0.717, 1.165) is 73.6 Å². The van der Waals surface area contributed by atoms with E-state index in [2.05, 4.69) is 108 Å². The van der Waals surface area contributed by atoms with Gasteiger partial charge in [0, 0.05) is 21.4 Å². The third-order valence-corrected chi connectivity index (χ3v) is 8.76. The zero-order valence-electron chi connectivity index (χ0n) is 27.1. The third kappa shape index (κ3) is 15.4. The van der Waals surface area contributed by atoms with E-state index in [1.807, 2.05) is 18.2 Å². The van der Waals surface area contributed by atoms with Crippen molar-refractivity contribution in [1.29, 1.82) is 0 Å². The fraction of sp³-hybridized carbons (Fsp3) is 0.526. The van der Waals surface area contributed by atoms with Crippen LogP contribution in [0.2, 0.25) is 0 Å². The number of halogens is 2. The summed E-state index contributed by atoms with van der Waals surface area (Å²) in [6, 6.07) is 23.0. The molecule has 0 saturated heterocycles. The molecule has 0 heterocycles. The predicted molar refractivity (Wildman–Crippen MR) is 196 cm³/mol. The van der Waals surface area contributed by atoms with Crippen LogP contribution in [0.5, 0.6) is 23.0 Å². The summed E-state index contributed by atoms with van der Waals surface area (Å²) in [5.74, 6) is 3.67. The van der Waals surface area contributed by atoms with Crippen molar-refractivity contribution in [3.63, 3.8) is 0 Å². The number of benzene rings is 3. The van der Waals surface area contributed by atoms with Gasteiger partial charge in [0.15, 0.2) is 0 Å². The highest BCUT2D eigenvalue weighted by atomic mass is 127. The van der Waals surface area contributed by atoms with E-state index in [1.165, 1.54) is 53.2 Å². The molecule has 3 rings (SSSR count). The van der Waals surface area contributed by atoms with Crippen molar-refractivity contribution < 1.29 is 18.9 Å². The molecular formula is C38H52BrIO4. The Labute approximate surface area is 288 Å². The Hall–Kier alpha value is -1.93. The summed E-state index contributed by atoms with van der Waals surface area (Å²) in [7, 11) is 0. The number of hydrogen-bond donors (Lipinski definition) is 0. The maximum Gasteiger partial charge on any atom is 0.123 e. The van der Waals surface area contributed by atoms with Crippen molar-refractivity contribution in [1.82, 2.24) is 0 Å². The van der Waals surface area contributed by atoms with E-state index >= 15 is 0 Å². The maximum atomic E-state index is 6.17. The standard InChI is InChI=1S/C38H52BrIO4/c1-38(2,3)32-15-19-34(20-16-32)42-26-13-27-44-37-29-31(14-12-23-39)28-36(30-37)43-25-11-9-7-5-4-6-8-10-24-41-35-21-17-33(40)18-22-35/h15-22,28-30H,4-14,23-27H2,1-3H3. The molecule has 0 saturated carbocycles. The summed E-state index contributed by atoms with van der Waals surface area (Å²) >= 11 is 5.87. The van der Waals surface area contributed by atoms with Gasteiger partial charge in [0.2, 0.25) is 0 Å². The van der Waals surface area contributed by atoms with Gasteiger partial charge in [-0.1, -0.05) is 87.4 Å². The molecule has 44 heavy (non-hydrogen) atoms. The number of unbranched alkanes of at least 4 members (excludes halogenated alkanes) is 7. The Kier molecular flexibility index (Phi) is 17.4. The molecule has 0 radical (unpaired) electrons. The monoisotopic (exact) mass is 778 g/mol. The first-order valence-electron chi connectivity index (χ1n) is 16.4. The smallest absolute Gasteiger partial charge is 0.123 e. The summed E-state index contributed by atoms with van der Waals surface area (Å²) in [4.78, 5) is 0. The molecule has 0 fully saturated rings. The molecule has 0 N–H and O–H groups in total.